The summed E-state index contributed by atoms with van der Waals surface area (Å²) in [6.45, 7) is 5.05. The van der Waals surface area contributed by atoms with Gasteiger partial charge in [0, 0.05) is 32.8 Å². The number of guanidine groups is 1. The molecule has 0 bridgehead atoms. The van der Waals surface area contributed by atoms with Crippen LogP contribution >= 0.6 is 0 Å². The number of rotatable bonds is 10. The quantitative estimate of drug-likeness (QED) is 0.309. The van der Waals surface area contributed by atoms with Gasteiger partial charge in [0.15, 0.2) is 5.96 Å². The first kappa shape index (κ1) is 20.2. The fourth-order valence-electron chi connectivity index (χ4n) is 2.50. The minimum absolute atomic E-state index is 0.341. The number of ether oxygens (including phenoxy) is 1. The molecule has 0 aromatic rings. The van der Waals surface area contributed by atoms with Crippen LogP contribution in [0.3, 0.4) is 0 Å². The van der Waals surface area contributed by atoms with Gasteiger partial charge in [-0.05, 0) is 26.2 Å². The van der Waals surface area contributed by atoms with Gasteiger partial charge in [-0.25, -0.2) is 13.1 Å². The highest BCUT2D eigenvalue weighted by Crippen LogP contribution is 2.20. The molecule has 0 amide bonds. The third-order valence-corrected chi connectivity index (χ3v) is 4.33. The summed E-state index contributed by atoms with van der Waals surface area (Å²) in [5.41, 5.74) is 0. The number of nitrogens with one attached hydrogen (secondary N) is 3. The second kappa shape index (κ2) is 11.6. The van der Waals surface area contributed by atoms with Crippen molar-refractivity contribution in [2.24, 2.45) is 4.99 Å². The number of hydrogen-bond donors (Lipinski definition) is 3. The maximum absolute atomic E-state index is 11.0. The molecule has 0 aliphatic heterocycles. The largest absolute Gasteiger partial charge is 0.378 e. The van der Waals surface area contributed by atoms with Crippen molar-refractivity contribution in [2.45, 2.75) is 51.6 Å². The van der Waals surface area contributed by atoms with Crippen molar-refractivity contribution >= 4 is 16.0 Å². The zero-order chi connectivity index (χ0) is 17.0. The molecular weight excluding hydrogens is 316 g/mol. The van der Waals surface area contributed by atoms with Crippen LogP contribution in [0, 0.1) is 0 Å². The van der Waals surface area contributed by atoms with Crippen molar-refractivity contribution < 1.29 is 13.2 Å². The van der Waals surface area contributed by atoms with E-state index in [0.29, 0.717) is 31.7 Å². The minimum Gasteiger partial charge on any atom is -0.378 e. The first-order valence-electron chi connectivity index (χ1n) is 8.59. The molecule has 0 unspecified atom stereocenters. The molecule has 1 aliphatic rings. The summed E-state index contributed by atoms with van der Waals surface area (Å²) in [5.74, 6) is 0.709. The average molecular weight is 349 g/mol. The summed E-state index contributed by atoms with van der Waals surface area (Å²) < 4.78 is 30.3. The predicted octanol–water partition coefficient (Wildman–Crippen LogP) is 0.830. The maximum atomic E-state index is 11.0. The Morgan fingerprint density at radius 1 is 1.17 bits per heavy atom. The number of hydrogen-bond acceptors (Lipinski definition) is 4. The molecule has 8 heteroatoms. The van der Waals surface area contributed by atoms with Gasteiger partial charge < -0.3 is 15.4 Å². The van der Waals surface area contributed by atoms with E-state index in [-0.39, 0.29) is 0 Å². The van der Waals surface area contributed by atoms with Crippen molar-refractivity contribution in [1.82, 2.24) is 15.4 Å². The Hall–Kier alpha value is -0.860. The van der Waals surface area contributed by atoms with Crippen LogP contribution in [0.2, 0.25) is 0 Å². The molecule has 136 valence electrons. The molecule has 0 atom stereocenters. The van der Waals surface area contributed by atoms with Crippen LogP contribution < -0.4 is 15.4 Å². The summed E-state index contributed by atoms with van der Waals surface area (Å²) in [4.78, 5) is 4.47. The van der Waals surface area contributed by atoms with E-state index in [1.165, 1.54) is 32.1 Å². The van der Waals surface area contributed by atoms with E-state index < -0.39 is 10.0 Å². The number of nitrogens with zero attached hydrogens (tertiary/aromatic N) is 1. The molecule has 0 aromatic heterocycles. The molecule has 0 radical (unpaired) electrons. The first-order chi connectivity index (χ1) is 11.0. The number of sulfonamides is 1. The van der Waals surface area contributed by atoms with Crippen LogP contribution in [0.5, 0.6) is 0 Å². The topological polar surface area (TPSA) is 91.8 Å². The lowest BCUT2D eigenvalue weighted by molar-refractivity contribution is 0.0281. The Labute approximate surface area is 140 Å². The lowest BCUT2D eigenvalue weighted by atomic mass is 9.98. The Kier molecular flexibility index (Phi) is 10.2. The maximum Gasteiger partial charge on any atom is 0.208 e. The van der Waals surface area contributed by atoms with E-state index in [1.807, 2.05) is 6.92 Å². The number of aliphatic imine (C=N–C) groups is 1. The minimum atomic E-state index is -3.14. The van der Waals surface area contributed by atoms with Crippen molar-refractivity contribution in [2.75, 3.05) is 39.0 Å². The third kappa shape index (κ3) is 11.3. The second-order valence-electron chi connectivity index (χ2n) is 5.84. The van der Waals surface area contributed by atoms with Crippen molar-refractivity contribution in [3.05, 3.63) is 0 Å². The Balaban J connectivity index is 2.15. The molecule has 1 fully saturated rings. The molecule has 0 saturated heterocycles. The van der Waals surface area contributed by atoms with Gasteiger partial charge in [0.25, 0.3) is 0 Å². The zero-order valence-corrected chi connectivity index (χ0v) is 15.3. The van der Waals surface area contributed by atoms with E-state index in [0.717, 1.165) is 25.8 Å². The molecule has 3 N–H and O–H groups in total. The van der Waals surface area contributed by atoms with Crippen molar-refractivity contribution in [1.29, 1.82) is 0 Å². The van der Waals surface area contributed by atoms with Gasteiger partial charge in [0.05, 0.1) is 12.4 Å². The smallest absolute Gasteiger partial charge is 0.208 e. The van der Waals surface area contributed by atoms with Crippen molar-refractivity contribution in [3.8, 4) is 0 Å². The molecule has 0 aromatic carbocycles. The summed E-state index contributed by atoms with van der Waals surface area (Å²) in [5, 5.41) is 6.25. The molecule has 7 nitrogen and oxygen atoms in total. The van der Waals surface area contributed by atoms with Crippen LogP contribution in [0.1, 0.15) is 45.4 Å². The Morgan fingerprint density at radius 2 is 1.91 bits per heavy atom. The second-order valence-corrected chi connectivity index (χ2v) is 7.67. The van der Waals surface area contributed by atoms with Crippen LogP contribution in [0.4, 0.5) is 0 Å². The normalized spacial score (nSPS) is 17.2. The van der Waals surface area contributed by atoms with Gasteiger partial charge in [0.2, 0.25) is 10.0 Å². The van der Waals surface area contributed by atoms with Gasteiger partial charge in [0.1, 0.15) is 0 Å². The average Bonchev–Trinajstić information content (AvgIpc) is 2.51. The fourth-order valence-corrected chi connectivity index (χ4v) is 2.97. The molecular formula is C15H32N4O3S. The highest BCUT2D eigenvalue weighted by atomic mass is 32.2. The van der Waals surface area contributed by atoms with Crippen molar-refractivity contribution in [3.63, 3.8) is 0 Å². The van der Waals surface area contributed by atoms with Crippen LogP contribution in [-0.2, 0) is 14.8 Å². The summed E-state index contributed by atoms with van der Waals surface area (Å²) >= 11 is 0. The van der Waals surface area contributed by atoms with Gasteiger partial charge in [-0.2, -0.15) is 0 Å². The molecule has 1 rings (SSSR count). The van der Waals surface area contributed by atoms with E-state index in [2.05, 4.69) is 20.3 Å². The SMILES string of the molecule is CCNC(=NCCCOC1CCCCC1)NCCNS(C)(=O)=O. The fraction of sp³-hybridized carbons (Fsp3) is 0.933. The molecule has 1 aliphatic carbocycles. The molecule has 0 spiro atoms. The van der Waals surface area contributed by atoms with E-state index in [4.69, 9.17) is 4.74 Å². The predicted molar refractivity (Wildman–Crippen MR) is 94.3 cm³/mol. The Bertz CT molecular complexity index is 434. The highest BCUT2D eigenvalue weighted by Gasteiger charge is 2.12. The highest BCUT2D eigenvalue weighted by molar-refractivity contribution is 7.88. The molecule has 0 heterocycles. The van der Waals surface area contributed by atoms with Crippen LogP contribution in [0.15, 0.2) is 4.99 Å². The Morgan fingerprint density at radius 3 is 2.57 bits per heavy atom. The molecule has 23 heavy (non-hydrogen) atoms. The standard InChI is InChI=1S/C15H32N4O3S/c1-3-16-15(18-11-12-19-23(2,20)21)17-10-7-13-22-14-8-5-4-6-9-14/h14,19H,3-13H2,1-2H3,(H2,16,17,18). The summed E-state index contributed by atoms with van der Waals surface area (Å²) in [6.07, 6.45) is 8.81. The summed E-state index contributed by atoms with van der Waals surface area (Å²) in [7, 11) is -3.14. The van der Waals surface area contributed by atoms with Crippen LogP contribution in [0.25, 0.3) is 0 Å². The lowest BCUT2D eigenvalue weighted by Gasteiger charge is -2.21. The zero-order valence-electron chi connectivity index (χ0n) is 14.4. The van der Waals surface area contributed by atoms with E-state index in [9.17, 15) is 8.42 Å². The summed E-state index contributed by atoms with van der Waals surface area (Å²) in [6, 6.07) is 0. The third-order valence-electron chi connectivity index (χ3n) is 3.60. The van der Waals surface area contributed by atoms with Gasteiger partial charge in [-0.1, -0.05) is 19.3 Å². The van der Waals surface area contributed by atoms with Gasteiger partial charge in [-0.3, -0.25) is 4.99 Å². The lowest BCUT2D eigenvalue weighted by Crippen LogP contribution is -2.41. The van der Waals surface area contributed by atoms with Gasteiger partial charge >= 0.3 is 0 Å². The van der Waals surface area contributed by atoms with Gasteiger partial charge in [-0.15, -0.1) is 0 Å². The van der Waals surface area contributed by atoms with E-state index in [1.54, 1.807) is 0 Å². The first-order valence-corrected chi connectivity index (χ1v) is 10.5. The monoisotopic (exact) mass is 348 g/mol. The van der Waals surface area contributed by atoms with Crippen LogP contribution in [-0.4, -0.2) is 59.5 Å². The van der Waals surface area contributed by atoms with E-state index >= 15 is 0 Å². The molecule has 1 saturated carbocycles.